The normalized spacial score (nSPS) is 32.6. The molecule has 2 nitrogen and oxygen atoms in total. The first-order chi connectivity index (χ1) is 8.24. The Morgan fingerprint density at radius 1 is 1.29 bits per heavy atom. The second-order valence-corrected chi connectivity index (χ2v) is 6.26. The van der Waals surface area contributed by atoms with E-state index in [2.05, 4.69) is 31.0 Å². The fourth-order valence-corrected chi connectivity index (χ4v) is 3.31. The monoisotopic (exact) mass is 238 g/mol. The van der Waals surface area contributed by atoms with Crippen LogP contribution in [0.15, 0.2) is 0 Å². The second kappa shape index (κ2) is 6.19. The van der Waals surface area contributed by atoms with Crippen molar-refractivity contribution in [1.29, 1.82) is 0 Å². The summed E-state index contributed by atoms with van der Waals surface area (Å²) in [5.41, 5.74) is 0. The molecule has 3 unspecified atom stereocenters. The van der Waals surface area contributed by atoms with E-state index in [1.165, 1.54) is 51.7 Å². The maximum absolute atomic E-state index is 3.78. The summed E-state index contributed by atoms with van der Waals surface area (Å²) < 4.78 is 0. The molecule has 17 heavy (non-hydrogen) atoms. The lowest BCUT2D eigenvalue weighted by atomic mass is 9.99. The van der Waals surface area contributed by atoms with Crippen LogP contribution in [0.25, 0.3) is 0 Å². The smallest absolute Gasteiger partial charge is 0.0224 e. The Labute approximate surface area is 107 Å². The predicted molar refractivity (Wildman–Crippen MR) is 74.2 cm³/mol. The Kier molecular flexibility index (Phi) is 4.87. The molecule has 0 radical (unpaired) electrons. The summed E-state index contributed by atoms with van der Waals surface area (Å²) in [6, 6.07) is 1.58. The van der Waals surface area contributed by atoms with Gasteiger partial charge in [0, 0.05) is 31.7 Å². The number of hydrogen-bond acceptors (Lipinski definition) is 2. The maximum atomic E-state index is 3.78. The maximum Gasteiger partial charge on any atom is 0.0224 e. The zero-order valence-electron chi connectivity index (χ0n) is 11.9. The third-order valence-electron chi connectivity index (χ3n) is 4.55. The largest absolute Gasteiger partial charge is 0.311 e. The van der Waals surface area contributed by atoms with Crippen molar-refractivity contribution in [3.05, 3.63) is 0 Å². The molecule has 1 aliphatic heterocycles. The fraction of sp³-hybridized carbons (Fsp3) is 1.00. The van der Waals surface area contributed by atoms with Crippen molar-refractivity contribution >= 4 is 0 Å². The summed E-state index contributed by atoms with van der Waals surface area (Å²) in [4.78, 5) is 2.78. The van der Waals surface area contributed by atoms with Gasteiger partial charge in [0.25, 0.3) is 0 Å². The molecule has 1 heterocycles. The molecule has 2 aliphatic rings. The van der Waals surface area contributed by atoms with E-state index in [4.69, 9.17) is 0 Å². The van der Waals surface area contributed by atoms with Crippen molar-refractivity contribution < 1.29 is 0 Å². The molecule has 1 saturated carbocycles. The number of piperazine rings is 1. The lowest BCUT2D eigenvalue weighted by Gasteiger charge is -2.41. The molecule has 100 valence electrons. The highest BCUT2D eigenvalue weighted by molar-refractivity contribution is 4.94. The SMILES string of the molecule is CCCC(C)CN1CC(C2CC2)NCC1CC. The molecular weight excluding hydrogens is 208 g/mol. The van der Waals surface area contributed by atoms with Gasteiger partial charge in [-0.15, -0.1) is 0 Å². The summed E-state index contributed by atoms with van der Waals surface area (Å²) in [5, 5.41) is 3.78. The first kappa shape index (κ1) is 13.4. The van der Waals surface area contributed by atoms with E-state index < -0.39 is 0 Å². The van der Waals surface area contributed by atoms with Crippen LogP contribution in [0.2, 0.25) is 0 Å². The van der Waals surface area contributed by atoms with E-state index in [1.807, 2.05) is 0 Å². The molecule has 0 aromatic carbocycles. The first-order valence-corrected chi connectivity index (χ1v) is 7.72. The minimum absolute atomic E-state index is 0.782. The molecule has 0 amide bonds. The molecule has 3 atom stereocenters. The van der Waals surface area contributed by atoms with Gasteiger partial charge in [-0.05, 0) is 37.5 Å². The van der Waals surface area contributed by atoms with E-state index in [1.54, 1.807) is 0 Å². The van der Waals surface area contributed by atoms with E-state index in [0.29, 0.717) is 0 Å². The minimum Gasteiger partial charge on any atom is -0.311 e. The molecule has 0 aromatic rings. The Hall–Kier alpha value is -0.0800. The van der Waals surface area contributed by atoms with Gasteiger partial charge in [-0.3, -0.25) is 4.90 Å². The Morgan fingerprint density at radius 2 is 2.06 bits per heavy atom. The van der Waals surface area contributed by atoms with Crippen LogP contribution in [-0.4, -0.2) is 36.6 Å². The topological polar surface area (TPSA) is 15.3 Å². The molecule has 1 aliphatic carbocycles. The van der Waals surface area contributed by atoms with Gasteiger partial charge in [0.2, 0.25) is 0 Å². The van der Waals surface area contributed by atoms with Crippen LogP contribution in [0.5, 0.6) is 0 Å². The van der Waals surface area contributed by atoms with E-state index in [0.717, 1.165) is 23.9 Å². The van der Waals surface area contributed by atoms with E-state index in [9.17, 15) is 0 Å². The van der Waals surface area contributed by atoms with Crippen LogP contribution in [0.4, 0.5) is 0 Å². The van der Waals surface area contributed by atoms with Gasteiger partial charge < -0.3 is 5.32 Å². The highest BCUT2D eigenvalue weighted by atomic mass is 15.2. The average Bonchev–Trinajstić information content (AvgIpc) is 3.13. The van der Waals surface area contributed by atoms with Gasteiger partial charge in [0.1, 0.15) is 0 Å². The summed E-state index contributed by atoms with van der Waals surface area (Å²) in [6.07, 6.45) is 6.94. The number of hydrogen-bond donors (Lipinski definition) is 1. The molecule has 0 aromatic heterocycles. The van der Waals surface area contributed by atoms with Gasteiger partial charge >= 0.3 is 0 Å². The van der Waals surface area contributed by atoms with Gasteiger partial charge in [0.05, 0.1) is 0 Å². The van der Waals surface area contributed by atoms with Crippen LogP contribution in [0, 0.1) is 11.8 Å². The standard InChI is InChI=1S/C15H30N2/c1-4-6-12(3)10-17-11-15(13-7-8-13)16-9-14(17)5-2/h12-16H,4-11H2,1-3H3. The van der Waals surface area contributed by atoms with Gasteiger partial charge in [-0.1, -0.05) is 27.2 Å². The summed E-state index contributed by atoms with van der Waals surface area (Å²) in [6.45, 7) is 10.9. The Balaban J connectivity index is 1.85. The number of nitrogens with zero attached hydrogens (tertiary/aromatic N) is 1. The molecule has 1 N–H and O–H groups in total. The van der Waals surface area contributed by atoms with Gasteiger partial charge in [-0.25, -0.2) is 0 Å². The van der Waals surface area contributed by atoms with Crippen molar-refractivity contribution in [3.63, 3.8) is 0 Å². The van der Waals surface area contributed by atoms with Crippen LogP contribution in [0.1, 0.15) is 52.9 Å². The Bertz CT molecular complexity index is 225. The van der Waals surface area contributed by atoms with Crippen LogP contribution in [0.3, 0.4) is 0 Å². The van der Waals surface area contributed by atoms with Crippen molar-refractivity contribution in [2.45, 2.75) is 65.0 Å². The van der Waals surface area contributed by atoms with Crippen molar-refractivity contribution in [1.82, 2.24) is 10.2 Å². The van der Waals surface area contributed by atoms with E-state index in [-0.39, 0.29) is 0 Å². The van der Waals surface area contributed by atoms with Gasteiger partial charge in [-0.2, -0.15) is 0 Å². The highest BCUT2D eigenvalue weighted by Crippen LogP contribution is 2.34. The van der Waals surface area contributed by atoms with Crippen LogP contribution >= 0.6 is 0 Å². The minimum atomic E-state index is 0.782. The molecular formula is C15H30N2. The predicted octanol–water partition coefficient (Wildman–Crippen LogP) is 2.89. The fourth-order valence-electron chi connectivity index (χ4n) is 3.31. The van der Waals surface area contributed by atoms with Crippen LogP contribution in [-0.2, 0) is 0 Å². The highest BCUT2D eigenvalue weighted by Gasteiger charge is 2.36. The summed E-state index contributed by atoms with van der Waals surface area (Å²) in [7, 11) is 0. The quantitative estimate of drug-likeness (QED) is 0.765. The van der Waals surface area contributed by atoms with E-state index >= 15 is 0 Å². The van der Waals surface area contributed by atoms with Crippen LogP contribution < -0.4 is 5.32 Å². The molecule has 0 bridgehead atoms. The molecule has 2 fully saturated rings. The zero-order chi connectivity index (χ0) is 12.3. The van der Waals surface area contributed by atoms with Gasteiger partial charge in [0.15, 0.2) is 0 Å². The molecule has 1 saturated heterocycles. The lowest BCUT2D eigenvalue weighted by molar-refractivity contribution is 0.101. The first-order valence-electron chi connectivity index (χ1n) is 7.72. The van der Waals surface area contributed by atoms with Crippen molar-refractivity contribution in [2.75, 3.05) is 19.6 Å². The molecule has 2 heteroatoms. The number of rotatable bonds is 6. The van der Waals surface area contributed by atoms with Crippen molar-refractivity contribution in [3.8, 4) is 0 Å². The third kappa shape index (κ3) is 3.69. The van der Waals surface area contributed by atoms with Crippen molar-refractivity contribution in [2.24, 2.45) is 11.8 Å². The molecule has 2 rings (SSSR count). The summed E-state index contributed by atoms with van der Waals surface area (Å²) >= 11 is 0. The summed E-state index contributed by atoms with van der Waals surface area (Å²) in [5.74, 6) is 1.86. The molecule has 0 spiro atoms. The number of nitrogens with one attached hydrogen (secondary N) is 1. The average molecular weight is 238 g/mol. The Morgan fingerprint density at radius 3 is 2.65 bits per heavy atom. The third-order valence-corrected chi connectivity index (χ3v) is 4.55. The zero-order valence-corrected chi connectivity index (χ0v) is 11.9. The lowest BCUT2D eigenvalue weighted by Crippen LogP contribution is -2.57. The second-order valence-electron chi connectivity index (χ2n) is 6.26.